The van der Waals surface area contributed by atoms with E-state index < -0.39 is 0 Å². The van der Waals surface area contributed by atoms with Gasteiger partial charge in [-0.2, -0.15) is 0 Å². The lowest BCUT2D eigenvalue weighted by atomic mass is 9.99. The van der Waals surface area contributed by atoms with Crippen LogP contribution >= 0.6 is 0 Å². The molecule has 7 nitrogen and oxygen atoms in total. The van der Waals surface area contributed by atoms with E-state index in [2.05, 4.69) is 21.2 Å². The molecule has 0 saturated carbocycles. The predicted molar refractivity (Wildman–Crippen MR) is 106 cm³/mol. The number of amides is 1. The number of ether oxygens (including phenoxy) is 2. The van der Waals surface area contributed by atoms with Crippen molar-refractivity contribution in [2.75, 3.05) is 38.8 Å². The van der Waals surface area contributed by atoms with E-state index in [1.165, 1.54) is 17.5 Å². The summed E-state index contributed by atoms with van der Waals surface area (Å²) in [6, 6.07) is 7.78. The summed E-state index contributed by atoms with van der Waals surface area (Å²) < 4.78 is 10.8. The van der Waals surface area contributed by atoms with Gasteiger partial charge in [0.2, 0.25) is 0 Å². The molecule has 0 N–H and O–H groups in total. The Bertz CT molecular complexity index is 847. The number of rotatable bonds is 4. The Kier molecular flexibility index (Phi) is 5.32. The van der Waals surface area contributed by atoms with Gasteiger partial charge in [-0.1, -0.05) is 0 Å². The quantitative estimate of drug-likeness (QED) is 0.810. The van der Waals surface area contributed by atoms with Gasteiger partial charge in [0, 0.05) is 26.2 Å². The molecule has 0 atom stereocenters. The molecule has 4 rings (SSSR count). The van der Waals surface area contributed by atoms with E-state index in [4.69, 9.17) is 9.47 Å². The van der Waals surface area contributed by atoms with Crippen molar-refractivity contribution >= 4 is 11.7 Å². The lowest BCUT2D eigenvalue weighted by Crippen LogP contribution is -2.36. The van der Waals surface area contributed by atoms with Crippen LogP contribution in [0.2, 0.25) is 0 Å². The first kappa shape index (κ1) is 18.5. The van der Waals surface area contributed by atoms with Crippen molar-refractivity contribution in [1.29, 1.82) is 0 Å². The number of fused-ring (bicyclic) bond motifs is 1. The normalized spacial score (nSPS) is 16.5. The molecule has 28 heavy (non-hydrogen) atoms. The van der Waals surface area contributed by atoms with Crippen LogP contribution < -0.4 is 14.4 Å². The van der Waals surface area contributed by atoms with E-state index in [-0.39, 0.29) is 5.91 Å². The number of nitrogens with zero attached hydrogens (tertiary/aromatic N) is 4. The summed E-state index contributed by atoms with van der Waals surface area (Å²) >= 11 is 0. The van der Waals surface area contributed by atoms with Gasteiger partial charge in [-0.05, 0) is 61.1 Å². The molecule has 2 aromatic rings. The topological polar surface area (TPSA) is 67.8 Å². The summed E-state index contributed by atoms with van der Waals surface area (Å²) in [6.45, 7) is 3.20. The third-order valence-electron chi connectivity index (χ3n) is 5.55. The maximum atomic E-state index is 12.6. The van der Waals surface area contributed by atoms with Crippen LogP contribution in [-0.2, 0) is 13.0 Å². The van der Waals surface area contributed by atoms with Crippen LogP contribution in [0.4, 0.5) is 5.82 Å². The summed E-state index contributed by atoms with van der Waals surface area (Å²) in [7, 11) is 3.30. The highest BCUT2D eigenvalue weighted by atomic mass is 16.5. The molecule has 0 unspecified atom stereocenters. The lowest BCUT2D eigenvalue weighted by molar-refractivity contribution is 0.0717. The first-order valence-electron chi connectivity index (χ1n) is 9.81. The van der Waals surface area contributed by atoms with Gasteiger partial charge in [0.25, 0.3) is 5.91 Å². The molecule has 2 aliphatic heterocycles. The van der Waals surface area contributed by atoms with E-state index in [9.17, 15) is 4.79 Å². The Morgan fingerprint density at radius 3 is 2.29 bits per heavy atom. The minimum atomic E-state index is -0.0143. The fourth-order valence-electron chi connectivity index (χ4n) is 3.95. The van der Waals surface area contributed by atoms with Gasteiger partial charge in [-0.25, -0.2) is 0 Å². The van der Waals surface area contributed by atoms with E-state index in [0.29, 0.717) is 5.69 Å². The maximum Gasteiger partial charge on any atom is 0.274 e. The van der Waals surface area contributed by atoms with Crippen molar-refractivity contribution in [1.82, 2.24) is 15.1 Å². The summed E-state index contributed by atoms with van der Waals surface area (Å²) in [5.74, 6) is 2.27. The van der Waals surface area contributed by atoms with Crippen molar-refractivity contribution in [3.63, 3.8) is 0 Å². The van der Waals surface area contributed by atoms with Gasteiger partial charge < -0.3 is 19.3 Å². The highest BCUT2D eigenvalue weighted by Crippen LogP contribution is 2.34. The molecule has 0 bridgehead atoms. The molecule has 1 fully saturated rings. The van der Waals surface area contributed by atoms with Crippen LogP contribution in [0, 0.1) is 0 Å². The fraction of sp³-hybridized carbons (Fsp3) is 0.476. The van der Waals surface area contributed by atoms with E-state index in [0.717, 1.165) is 62.8 Å². The largest absolute Gasteiger partial charge is 0.493 e. The van der Waals surface area contributed by atoms with Crippen LogP contribution in [0.3, 0.4) is 0 Å². The smallest absolute Gasteiger partial charge is 0.274 e. The van der Waals surface area contributed by atoms with Crippen LogP contribution in [0.1, 0.15) is 40.9 Å². The molecule has 1 aromatic carbocycles. The number of carbonyl (C=O) groups excluding carboxylic acids is 1. The first-order valence-corrected chi connectivity index (χ1v) is 9.81. The average molecular weight is 382 g/mol. The van der Waals surface area contributed by atoms with Gasteiger partial charge in [-0.15, -0.1) is 10.2 Å². The van der Waals surface area contributed by atoms with Gasteiger partial charge in [0.05, 0.1) is 14.2 Å². The molecule has 0 radical (unpaired) electrons. The van der Waals surface area contributed by atoms with E-state index >= 15 is 0 Å². The number of methoxy groups -OCH3 is 2. The fourth-order valence-corrected chi connectivity index (χ4v) is 3.95. The number of anilines is 1. The zero-order valence-corrected chi connectivity index (χ0v) is 16.5. The predicted octanol–water partition coefficient (Wildman–Crippen LogP) is 2.68. The summed E-state index contributed by atoms with van der Waals surface area (Å²) in [4.78, 5) is 16.6. The SMILES string of the molecule is COc1cc2c(cc1OC)CN(c1ccc(C(=O)N3CCCCC3)nn1)CC2. The van der Waals surface area contributed by atoms with Crippen LogP contribution in [0.15, 0.2) is 24.3 Å². The highest BCUT2D eigenvalue weighted by molar-refractivity contribution is 5.92. The molecule has 1 aromatic heterocycles. The molecule has 2 aliphatic rings. The van der Waals surface area contributed by atoms with Crippen LogP contribution in [-0.4, -0.2) is 54.9 Å². The average Bonchev–Trinajstić information content (AvgIpc) is 2.78. The molecular weight excluding hydrogens is 356 g/mol. The van der Waals surface area contributed by atoms with Crippen molar-refractivity contribution < 1.29 is 14.3 Å². The van der Waals surface area contributed by atoms with Gasteiger partial charge >= 0.3 is 0 Å². The Labute approximate surface area is 165 Å². The standard InChI is InChI=1S/C21H26N4O3/c1-27-18-12-15-8-11-25(14-16(15)13-19(18)28-2)20-7-6-17(22-23-20)21(26)24-9-4-3-5-10-24/h6-7,12-13H,3-5,8-11,14H2,1-2H3. The van der Waals surface area contributed by atoms with E-state index in [1.807, 2.05) is 17.0 Å². The number of hydrogen-bond acceptors (Lipinski definition) is 6. The lowest BCUT2D eigenvalue weighted by Gasteiger charge is -2.30. The maximum absolute atomic E-state index is 12.6. The van der Waals surface area contributed by atoms with E-state index in [1.54, 1.807) is 20.3 Å². The van der Waals surface area contributed by atoms with Crippen molar-refractivity contribution in [2.24, 2.45) is 0 Å². The summed E-state index contributed by atoms with van der Waals surface area (Å²) in [5, 5.41) is 8.56. The molecule has 1 amide bonds. The molecule has 0 aliphatic carbocycles. The molecule has 7 heteroatoms. The number of piperidine rings is 1. The number of carbonyl (C=O) groups is 1. The van der Waals surface area contributed by atoms with Gasteiger partial charge in [0.1, 0.15) is 0 Å². The second kappa shape index (κ2) is 8.04. The third kappa shape index (κ3) is 3.61. The number of benzene rings is 1. The molecule has 0 spiro atoms. The van der Waals surface area contributed by atoms with Crippen molar-refractivity contribution in [3.8, 4) is 11.5 Å². The zero-order valence-electron chi connectivity index (χ0n) is 16.5. The molecule has 1 saturated heterocycles. The molecular formula is C21H26N4O3. The third-order valence-corrected chi connectivity index (χ3v) is 5.55. The Hall–Kier alpha value is -2.83. The summed E-state index contributed by atoms with van der Waals surface area (Å²) in [6.07, 6.45) is 4.23. The van der Waals surface area contributed by atoms with Gasteiger partial charge in [-0.3, -0.25) is 4.79 Å². The van der Waals surface area contributed by atoms with Crippen molar-refractivity contribution in [3.05, 3.63) is 41.1 Å². The Morgan fingerprint density at radius 2 is 1.64 bits per heavy atom. The Balaban J connectivity index is 1.49. The van der Waals surface area contributed by atoms with Gasteiger partial charge in [0.15, 0.2) is 23.0 Å². The minimum absolute atomic E-state index is 0.0143. The highest BCUT2D eigenvalue weighted by Gasteiger charge is 2.23. The monoisotopic (exact) mass is 382 g/mol. The number of hydrogen-bond donors (Lipinski definition) is 0. The minimum Gasteiger partial charge on any atom is -0.493 e. The first-order chi connectivity index (χ1) is 13.7. The Morgan fingerprint density at radius 1 is 0.929 bits per heavy atom. The number of likely N-dealkylation sites (tertiary alicyclic amines) is 1. The second-order valence-corrected chi connectivity index (χ2v) is 7.28. The van der Waals surface area contributed by atoms with Crippen LogP contribution in [0.5, 0.6) is 11.5 Å². The second-order valence-electron chi connectivity index (χ2n) is 7.28. The van der Waals surface area contributed by atoms with Crippen LogP contribution in [0.25, 0.3) is 0 Å². The molecule has 3 heterocycles. The summed E-state index contributed by atoms with van der Waals surface area (Å²) in [5.41, 5.74) is 2.88. The molecule has 148 valence electrons. The zero-order chi connectivity index (χ0) is 19.5. The number of aromatic nitrogens is 2. The van der Waals surface area contributed by atoms with Crippen molar-refractivity contribution in [2.45, 2.75) is 32.2 Å².